The molecule has 114 valence electrons. The molecule has 0 saturated carbocycles. The number of carbonyl (C=O) groups excluding carboxylic acids is 1. The number of hydrogen-bond donors (Lipinski definition) is 2. The summed E-state index contributed by atoms with van der Waals surface area (Å²) < 4.78 is 5.78. The van der Waals surface area contributed by atoms with Crippen LogP contribution in [0.15, 0.2) is 34.7 Å². The Labute approximate surface area is 130 Å². The summed E-state index contributed by atoms with van der Waals surface area (Å²) in [6.45, 7) is 2.88. The molecule has 2 atom stereocenters. The number of benzene rings is 1. The number of piperidine rings is 1. The summed E-state index contributed by atoms with van der Waals surface area (Å²) in [4.78, 5) is 12.2. The van der Waals surface area contributed by atoms with Crippen LogP contribution in [0.2, 0.25) is 0 Å². The lowest BCUT2D eigenvalue weighted by Gasteiger charge is -2.24. The summed E-state index contributed by atoms with van der Waals surface area (Å²) in [5.74, 6) is 0.869. The van der Waals surface area contributed by atoms with Crippen molar-refractivity contribution in [2.45, 2.75) is 38.3 Å². The van der Waals surface area contributed by atoms with E-state index in [-0.39, 0.29) is 30.4 Å². The van der Waals surface area contributed by atoms with Crippen molar-refractivity contribution in [1.29, 1.82) is 0 Å². The molecule has 1 unspecified atom stereocenters. The molecule has 4 nitrogen and oxygen atoms in total. The molecule has 5 heteroatoms. The lowest BCUT2D eigenvalue weighted by molar-refractivity contribution is -0.124. The van der Waals surface area contributed by atoms with Crippen molar-refractivity contribution in [1.82, 2.24) is 10.6 Å². The highest BCUT2D eigenvalue weighted by Crippen LogP contribution is 2.23. The topological polar surface area (TPSA) is 54.3 Å². The van der Waals surface area contributed by atoms with Crippen molar-refractivity contribution < 1.29 is 9.21 Å². The van der Waals surface area contributed by atoms with Crippen LogP contribution < -0.4 is 10.6 Å². The standard InChI is InChI=1S/C16H20N2O2.ClH/c1-11(18-16(19)13-7-4-5-9-17-13)15-10-12-6-2-3-8-14(12)20-15;/h2-3,6,8,10-11,13,17H,4-5,7,9H2,1H3,(H,18,19);1H/t11?,13-;/m1./s1. The largest absolute Gasteiger partial charge is 0.459 e. The van der Waals surface area contributed by atoms with Gasteiger partial charge in [-0.3, -0.25) is 4.79 Å². The number of rotatable bonds is 3. The predicted octanol–water partition coefficient (Wildman–Crippen LogP) is 3.17. The van der Waals surface area contributed by atoms with Crippen LogP contribution in [-0.4, -0.2) is 18.5 Å². The number of amides is 1. The van der Waals surface area contributed by atoms with Crippen LogP contribution in [0.1, 0.15) is 38.0 Å². The fourth-order valence-electron chi connectivity index (χ4n) is 2.68. The maximum atomic E-state index is 12.2. The molecule has 1 amide bonds. The minimum absolute atomic E-state index is 0. The highest BCUT2D eigenvalue weighted by Gasteiger charge is 2.23. The molecule has 1 saturated heterocycles. The minimum Gasteiger partial charge on any atom is -0.459 e. The van der Waals surface area contributed by atoms with Crippen molar-refractivity contribution in [3.8, 4) is 0 Å². The van der Waals surface area contributed by atoms with Crippen LogP contribution >= 0.6 is 12.4 Å². The van der Waals surface area contributed by atoms with E-state index in [4.69, 9.17) is 4.42 Å². The molecule has 0 spiro atoms. The zero-order valence-corrected chi connectivity index (χ0v) is 12.9. The second kappa shape index (κ2) is 6.96. The first-order chi connectivity index (χ1) is 9.74. The van der Waals surface area contributed by atoms with Gasteiger partial charge in [0, 0.05) is 5.39 Å². The molecule has 1 aromatic carbocycles. The van der Waals surface area contributed by atoms with Gasteiger partial charge in [0.2, 0.25) is 5.91 Å². The summed E-state index contributed by atoms with van der Waals surface area (Å²) >= 11 is 0. The number of nitrogens with one attached hydrogen (secondary N) is 2. The second-order valence-corrected chi connectivity index (χ2v) is 5.42. The summed E-state index contributed by atoms with van der Waals surface area (Å²) in [5, 5.41) is 7.36. The Kier molecular flexibility index (Phi) is 5.26. The number of para-hydroxylation sites is 1. The first-order valence-corrected chi connectivity index (χ1v) is 7.26. The highest BCUT2D eigenvalue weighted by atomic mass is 35.5. The third-order valence-corrected chi connectivity index (χ3v) is 3.86. The van der Waals surface area contributed by atoms with Gasteiger partial charge in [0.05, 0.1) is 12.1 Å². The molecule has 2 aromatic rings. The molecule has 0 radical (unpaired) electrons. The first kappa shape index (κ1) is 15.9. The van der Waals surface area contributed by atoms with Crippen LogP contribution in [0.3, 0.4) is 0 Å². The molecule has 1 aliphatic heterocycles. The fourth-order valence-corrected chi connectivity index (χ4v) is 2.68. The maximum absolute atomic E-state index is 12.2. The average Bonchev–Trinajstić information content (AvgIpc) is 2.92. The normalized spacial score (nSPS) is 19.8. The van der Waals surface area contributed by atoms with E-state index >= 15 is 0 Å². The van der Waals surface area contributed by atoms with Gasteiger partial charge in [-0.1, -0.05) is 24.6 Å². The zero-order valence-electron chi connectivity index (χ0n) is 12.1. The van der Waals surface area contributed by atoms with E-state index in [0.29, 0.717) is 0 Å². The average molecular weight is 309 g/mol. The van der Waals surface area contributed by atoms with Gasteiger partial charge in [-0.15, -0.1) is 12.4 Å². The Morgan fingerprint density at radius 3 is 2.90 bits per heavy atom. The quantitative estimate of drug-likeness (QED) is 0.915. The van der Waals surface area contributed by atoms with Gasteiger partial charge in [0.15, 0.2) is 0 Å². The number of hydrogen-bond acceptors (Lipinski definition) is 3. The summed E-state index contributed by atoms with van der Waals surface area (Å²) in [6.07, 6.45) is 3.19. The Hall–Kier alpha value is -1.52. The molecule has 0 aliphatic carbocycles. The Morgan fingerprint density at radius 2 is 2.19 bits per heavy atom. The van der Waals surface area contributed by atoms with Gasteiger partial charge in [-0.05, 0) is 38.4 Å². The molecule has 3 rings (SSSR count). The Balaban J connectivity index is 0.00000161. The number of furan rings is 1. The zero-order chi connectivity index (χ0) is 13.9. The van der Waals surface area contributed by atoms with Gasteiger partial charge in [0.1, 0.15) is 11.3 Å². The van der Waals surface area contributed by atoms with E-state index in [2.05, 4.69) is 10.6 Å². The lowest BCUT2D eigenvalue weighted by atomic mass is 10.0. The molecule has 1 aromatic heterocycles. The van der Waals surface area contributed by atoms with Crippen LogP contribution in [0.4, 0.5) is 0 Å². The minimum atomic E-state index is -0.112. The molecule has 21 heavy (non-hydrogen) atoms. The smallest absolute Gasteiger partial charge is 0.237 e. The van der Waals surface area contributed by atoms with Crippen molar-refractivity contribution in [3.05, 3.63) is 36.1 Å². The van der Waals surface area contributed by atoms with Gasteiger partial charge < -0.3 is 15.1 Å². The number of fused-ring (bicyclic) bond motifs is 1. The molecule has 2 heterocycles. The van der Waals surface area contributed by atoms with E-state index < -0.39 is 0 Å². The van der Waals surface area contributed by atoms with E-state index in [1.54, 1.807) is 0 Å². The van der Waals surface area contributed by atoms with Crippen molar-refractivity contribution in [3.63, 3.8) is 0 Å². The van der Waals surface area contributed by atoms with Crippen LogP contribution in [-0.2, 0) is 4.79 Å². The van der Waals surface area contributed by atoms with Gasteiger partial charge in [-0.2, -0.15) is 0 Å². The Bertz CT molecular complexity index is 572. The number of carbonyl (C=O) groups is 1. The van der Waals surface area contributed by atoms with E-state index in [9.17, 15) is 4.79 Å². The van der Waals surface area contributed by atoms with E-state index in [1.807, 2.05) is 37.3 Å². The van der Waals surface area contributed by atoms with Crippen molar-refractivity contribution >= 4 is 29.3 Å². The lowest BCUT2D eigenvalue weighted by Crippen LogP contribution is -2.47. The summed E-state index contributed by atoms with van der Waals surface area (Å²) in [6, 6.07) is 9.71. The van der Waals surface area contributed by atoms with Gasteiger partial charge in [0.25, 0.3) is 0 Å². The van der Waals surface area contributed by atoms with Gasteiger partial charge >= 0.3 is 0 Å². The second-order valence-electron chi connectivity index (χ2n) is 5.42. The monoisotopic (exact) mass is 308 g/mol. The third-order valence-electron chi connectivity index (χ3n) is 3.86. The Morgan fingerprint density at radius 1 is 1.38 bits per heavy atom. The van der Waals surface area contributed by atoms with Crippen LogP contribution in [0.25, 0.3) is 11.0 Å². The molecular formula is C16H21ClN2O2. The van der Waals surface area contributed by atoms with E-state index in [1.165, 1.54) is 0 Å². The van der Waals surface area contributed by atoms with Crippen LogP contribution in [0, 0.1) is 0 Å². The molecule has 2 N–H and O–H groups in total. The third kappa shape index (κ3) is 3.57. The molecular weight excluding hydrogens is 288 g/mol. The fraction of sp³-hybridized carbons (Fsp3) is 0.438. The van der Waals surface area contributed by atoms with Crippen LogP contribution in [0.5, 0.6) is 0 Å². The van der Waals surface area contributed by atoms with E-state index in [0.717, 1.165) is 42.5 Å². The van der Waals surface area contributed by atoms with Gasteiger partial charge in [-0.25, -0.2) is 0 Å². The SMILES string of the molecule is CC(NC(=O)[C@H]1CCCCN1)c1cc2ccccc2o1.Cl. The highest BCUT2D eigenvalue weighted by molar-refractivity contribution is 5.85. The maximum Gasteiger partial charge on any atom is 0.237 e. The van der Waals surface area contributed by atoms with Crippen molar-refractivity contribution in [2.24, 2.45) is 0 Å². The first-order valence-electron chi connectivity index (χ1n) is 7.26. The van der Waals surface area contributed by atoms with Crippen molar-refractivity contribution in [2.75, 3.05) is 6.54 Å². The number of halogens is 1. The molecule has 1 fully saturated rings. The summed E-state index contributed by atoms with van der Waals surface area (Å²) in [5.41, 5.74) is 0.861. The molecule has 0 bridgehead atoms. The summed E-state index contributed by atoms with van der Waals surface area (Å²) in [7, 11) is 0. The molecule has 1 aliphatic rings. The predicted molar refractivity (Wildman–Crippen MR) is 85.7 cm³/mol.